The minimum absolute atomic E-state index is 0.233. The summed E-state index contributed by atoms with van der Waals surface area (Å²) in [4.78, 5) is 16.7. The number of hydrogen-bond acceptors (Lipinski definition) is 3. The second kappa shape index (κ2) is 7.85. The molecule has 0 aliphatic heterocycles. The number of carbonyl (C=O) groups excluding carboxylic acids is 1. The zero-order valence-electron chi connectivity index (χ0n) is 14.8. The van der Waals surface area contributed by atoms with E-state index >= 15 is 0 Å². The molecule has 132 valence electrons. The Hall–Kier alpha value is -2.43. The van der Waals surface area contributed by atoms with Gasteiger partial charge in [-0.15, -0.1) is 11.3 Å². The molecule has 3 rings (SSSR count). The van der Waals surface area contributed by atoms with Crippen molar-refractivity contribution < 1.29 is 4.79 Å². The number of anilines is 1. The first kappa shape index (κ1) is 18.4. The van der Waals surface area contributed by atoms with Crippen molar-refractivity contribution in [3.05, 3.63) is 75.1 Å². The molecule has 1 aromatic heterocycles. The number of rotatable bonds is 4. The Kier molecular flexibility index (Phi) is 5.55. The molecule has 0 aliphatic rings. The lowest BCUT2D eigenvalue weighted by Crippen LogP contribution is -2.07. The van der Waals surface area contributed by atoms with E-state index in [1.165, 1.54) is 34.1 Å². The molecular formula is C21H19ClN2OS. The summed E-state index contributed by atoms with van der Waals surface area (Å²) >= 11 is 7.50. The fourth-order valence-corrected chi connectivity index (χ4v) is 3.86. The van der Waals surface area contributed by atoms with E-state index in [-0.39, 0.29) is 5.91 Å². The summed E-state index contributed by atoms with van der Waals surface area (Å²) in [5.74, 6) is -0.233. The van der Waals surface area contributed by atoms with Gasteiger partial charge in [-0.2, -0.15) is 0 Å². The Bertz CT molecular complexity index is 968. The van der Waals surface area contributed by atoms with Gasteiger partial charge in [0.2, 0.25) is 5.91 Å². The molecule has 0 aliphatic carbocycles. The lowest BCUT2D eigenvalue weighted by molar-refractivity contribution is -0.111. The van der Waals surface area contributed by atoms with E-state index in [0.29, 0.717) is 10.2 Å². The molecule has 0 fully saturated rings. The van der Waals surface area contributed by atoms with E-state index in [4.69, 9.17) is 11.6 Å². The maximum absolute atomic E-state index is 12.1. The van der Waals surface area contributed by atoms with Gasteiger partial charge in [-0.05, 0) is 49.6 Å². The normalized spacial score (nSPS) is 11.1. The second-order valence-corrected chi connectivity index (χ2v) is 7.42. The van der Waals surface area contributed by atoms with Crippen molar-refractivity contribution in [3.8, 4) is 11.3 Å². The summed E-state index contributed by atoms with van der Waals surface area (Å²) in [6, 6.07) is 11.7. The maximum atomic E-state index is 12.1. The molecule has 5 heteroatoms. The van der Waals surface area contributed by atoms with Crippen molar-refractivity contribution in [1.82, 2.24) is 4.98 Å². The van der Waals surface area contributed by atoms with Crippen LogP contribution in [0.3, 0.4) is 0 Å². The average Bonchev–Trinajstić information content (AvgIpc) is 3.01. The molecule has 1 amide bonds. The summed E-state index contributed by atoms with van der Waals surface area (Å²) in [6.45, 7) is 6.25. The monoisotopic (exact) mass is 382 g/mol. The number of hydrogen-bond donors (Lipinski definition) is 1. The second-order valence-electron chi connectivity index (χ2n) is 6.16. The molecule has 0 radical (unpaired) electrons. The van der Waals surface area contributed by atoms with Crippen LogP contribution in [0.4, 0.5) is 5.13 Å². The van der Waals surface area contributed by atoms with Gasteiger partial charge in [0.1, 0.15) is 0 Å². The van der Waals surface area contributed by atoms with Crippen LogP contribution in [0.25, 0.3) is 17.3 Å². The number of nitrogens with one attached hydrogen (secondary N) is 1. The van der Waals surface area contributed by atoms with Crippen LogP contribution >= 0.6 is 22.9 Å². The van der Waals surface area contributed by atoms with Crippen molar-refractivity contribution in [2.75, 3.05) is 5.32 Å². The highest BCUT2D eigenvalue weighted by Gasteiger charge is 2.11. The molecule has 0 bridgehead atoms. The fourth-order valence-electron chi connectivity index (χ4n) is 2.95. The molecule has 0 saturated heterocycles. The number of nitrogens with zero attached hydrogens (tertiary/aromatic N) is 1. The topological polar surface area (TPSA) is 42.0 Å². The van der Waals surface area contributed by atoms with E-state index < -0.39 is 0 Å². The van der Waals surface area contributed by atoms with Crippen LogP contribution in [0.5, 0.6) is 0 Å². The Balaban J connectivity index is 1.75. The highest BCUT2D eigenvalue weighted by molar-refractivity contribution is 7.14. The van der Waals surface area contributed by atoms with Crippen molar-refractivity contribution in [2.24, 2.45) is 0 Å². The third kappa shape index (κ3) is 4.21. The largest absolute Gasteiger partial charge is 0.298 e. The number of amides is 1. The van der Waals surface area contributed by atoms with Gasteiger partial charge in [-0.1, -0.05) is 47.5 Å². The van der Waals surface area contributed by atoms with Crippen LogP contribution in [0.1, 0.15) is 22.3 Å². The standard InChI is InChI=1S/C21H19ClN2OS/c1-13-10-14(2)20(15(3)11-13)18-12-26-21(23-18)24-19(25)9-8-16-6-4-5-7-17(16)22/h4-12H,1-3H3,(H,23,24,25). The van der Waals surface area contributed by atoms with Gasteiger partial charge in [0.05, 0.1) is 5.69 Å². The molecule has 0 unspecified atom stereocenters. The molecule has 1 heterocycles. The predicted molar refractivity (Wildman–Crippen MR) is 111 cm³/mol. The average molecular weight is 383 g/mol. The molecule has 0 spiro atoms. The smallest absolute Gasteiger partial charge is 0.250 e. The van der Waals surface area contributed by atoms with E-state index in [9.17, 15) is 4.79 Å². The Morgan fingerprint density at radius 2 is 1.85 bits per heavy atom. The van der Waals surface area contributed by atoms with E-state index in [1.54, 1.807) is 12.1 Å². The minimum atomic E-state index is -0.233. The molecule has 1 N–H and O–H groups in total. The van der Waals surface area contributed by atoms with E-state index in [0.717, 1.165) is 16.8 Å². The first-order valence-electron chi connectivity index (χ1n) is 8.21. The first-order valence-corrected chi connectivity index (χ1v) is 9.47. The van der Waals surface area contributed by atoms with Crippen LogP contribution in [-0.4, -0.2) is 10.9 Å². The number of thiazole rings is 1. The zero-order valence-corrected chi connectivity index (χ0v) is 16.4. The van der Waals surface area contributed by atoms with Gasteiger partial charge in [-0.3, -0.25) is 10.1 Å². The number of aryl methyl sites for hydroxylation is 3. The van der Waals surface area contributed by atoms with Gasteiger partial charge in [-0.25, -0.2) is 4.98 Å². The number of benzene rings is 2. The minimum Gasteiger partial charge on any atom is -0.298 e. The van der Waals surface area contributed by atoms with Crippen LogP contribution in [-0.2, 0) is 4.79 Å². The molecule has 3 aromatic rings. The van der Waals surface area contributed by atoms with Crippen molar-refractivity contribution in [3.63, 3.8) is 0 Å². The van der Waals surface area contributed by atoms with Gasteiger partial charge in [0.15, 0.2) is 5.13 Å². The predicted octanol–water partition coefficient (Wildman–Crippen LogP) is 6.04. The van der Waals surface area contributed by atoms with Crippen molar-refractivity contribution in [1.29, 1.82) is 0 Å². The Morgan fingerprint density at radius 1 is 1.15 bits per heavy atom. The Morgan fingerprint density at radius 3 is 2.54 bits per heavy atom. The van der Waals surface area contributed by atoms with Crippen molar-refractivity contribution >= 4 is 40.1 Å². The summed E-state index contributed by atoms with van der Waals surface area (Å²) in [7, 11) is 0. The van der Waals surface area contributed by atoms with Crippen molar-refractivity contribution in [2.45, 2.75) is 20.8 Å². The summed E-state index contributed by atoms with van der Waals surface area (Å²) < 4.78 is 0. The van der Waals surface area contributed by atoms with Gasteiger partial charge in [0.25, 0.3) is 0 Å². The zero-order chi connectivity index (χ0) is 18.7. The highest BCUT2D eigenvalue weighted by atomic mass is 35.5. The number of carbonyl (C=O) groups is 1. The SMILES string of the molecule is Cc1cc(C)c(-c2csc(NC(=O)C=Cc3ccccc3Cl)n2)c(C)c1. The fraction of sp³-hybridized carbons (Fsp3) is 0.143. The number of aromatic nitrogens is 1. The first-order chi connectivity index (χ1) is 12.4. The molecule has 3 nitrogen and oxygen atoms in total. The van der Waals surface area contributed by atoms with E-state index in [1.807, 2.05) is 23.6 Å². The highest BCUT2D eigenvalue weighted by Crippen LogP contribution is 2.31. The van der Waals surface area contributed by atoms with Gasteiger partial charge < -0.3 is 0 Å². The van der Waals surface area contributed by atoms with Crippen LogP contribution in [0.15, 0.2) is 47.9 Å². The van der Waals surface area contributed by atoms with Gasteiger partial charge >= 0.3 is 0 Å². The van der Waals surface area contributed by atoms with Crippen LogP contribution in [0, 0.1) is 20.8 Å². The summed E-state index contributed by atoms with van der Waals surface area (Å²) in [5, 5.41) is 5.97. The maximum Gasteiger partial charge on any atom is 0.250 e. The third-order valence-corrected chi connectivity index (χ3v) is 5.09. The lowest BCUT2D eigenvalue weighted by atomic mass is 9.98. The summed E-state index contributed by atoms with van der Waals surface area (Å²) in [5.41, 5.74) is 6.41. The van der Waals surface area contributed by atoms with Gasteiger partial charge in [0, 0.05) is 22.0 Å². The quantitative estimate of drug-likeness (QED) is 0.559. The van der Waals surface area contributed by atoms with Crippen LogP contribution < -0.4 is 5.32 Å². The number of halogens is 1. The molecular weight excluding hydrogens is 364 g/mol. The molecule has 2 aromatic carbocycles. The summed E-state index contributed by atoms with van der Waals surface area (Å²) in [6.07, 6.45) is 3.16. The third-order valence-electron chi connectivity index (χ3n) is 3.99. The molecule has 26 heavy (non-hydrogen) atoms. The van der Waals surface area contributed by atoms with E-state index in [2.05, 4.69) is 43.2 Å². The van der Waals surface area contributed by atoms with Crippen LogP contribution in [0.2, 0.25) is 5.02 Å². The molecule has 0 atom stereocenters. The lowest BCUT2D eigenvalue weighted by Gasteiger charge is -2.08. The Labute approximate surface area is 162 Å². The molecule has 0 saturated carbocycles.